The van der Waals surface area contributed by atoms with Gasteiger partial charge in [0.25, 0.3) is 0 Å². The van der Waals surface area contributed by atoms with Crippen LogP contribution in [0, 0.1) is 20.8 Å². The molecular weight excluding hydrogens is 410 g/mol. The summed E-state index contributed by atoms with van der Waals surface area (Å²) in [6.07, 6.45) is 10.9. The smallest absolute Gasteiger partial charge is 0.380 e. The number of benzene rings is 2. The van der Waals surface area contributed by atoms with Crippen molar-refractivity contribution in [3.8, 4) is 0 Å². The number of hydrogen-bond donors (Lipinski definition) is 1. The van der Waals surface area contributed by atoms with E-state index in [1.807, 2.05) is 36.4 Å². The average molecular weight is 451 g/mol. The average Bonchev–Trinajstić information content (AvgIpc) is 3.43. The number of aliphatic hydroxyl groups is 1. The molecule has 1 N–H and O–H groups in total. The van der Waals surface area contributed by atoms with Crippen molar-refractivity contribution in [2.24, 2.45) is 5.92 Å². The predicted molar refractivity (Wildman–Crippen MR) is 127 cm³/mol. The van der Waals surface area contributed by atoms with Crippen LogP contribution < -0.4 is 0 Å². The first-order valence-corrected chi connectivity index (χ1v) is 10.6. The van der Waals surface area contributed by atoms with Crippen LogP contribution in [0.2, 0.25) is 0 Å². The molecule has 0 spiro atoms. The Morgan fingerprint density at radius 1 is 0.700 bits per heavy atom. The maximum absolute atomic E-state index is 11.8. The maximum Gasteiger partial charge on any atom is 2.00 e. The third kappa shape index (κ3) is 6.69. The van der Waals surface area contributed by atoms with Crippen molar-refractivity contribution in [1.82, 2.24) is 4.90 Å². The summed E-state index contributed by atoms with van der Waals surface area (Å²) in [6.45, 7) is 0. The molecule has 2 atom stereocenters. The fourth-order valence-corrected chi connectivity index (χ4v) is 4.91. The van der Waals surface area contributed by atoms with Gasteiger partial charge in [-0.25, -0.2) is 0 Å². The third-order valence-electron chi connectivity index (χ3n) is 6.36. The summed E-state index contributed by atoms with van der Waals surface area (Å²) in [5, 5.41) is 11.8. The van der Waals surface area contributed by atoms with Gasteiger partial charge in [0, 0.05) is 12.0 Å². The normalized spacial score (nSPS) is 20.3. The van der Waals surface area contributed by atoms with E-state index < -0.39 is 5.60 Å². The van der Waals surface area contributed by atoms with Gasteiger partial charge in [-0.1, -0.05) is 99.2 Å². The molecule has 3 heteroatoms. The minimum Gasteiger partial charge on any atom is -0.380 e. The number of nitrogens with zero attached hydrogens (tertiary/aromatic N) is 1. The molecule has 0 aliphatic heterocycles. The second kappa shape index (κ2) is 14.0. The quantitative estimate of drug-likeness (QED) is 0.424. The first kappa shape index (κ1) is 28.9. The fraction of sp³-hybridized carbons (Fsp3) is 0.481. The van der Waals surface area contributed by atoms with Crippen molar-refractivity contribution in [3.63, 3.8) is 0 Å². The van der Waals surface area contributed by atoms with Gasteiger partial charge in [0.15, 0.2) is 0 Å². The van der Waals surface area contributed by atoms with Gasteiger partial charge < -0.3 is 24.9 Å². The van der Waals surface area contributed by atoms with Crippen molar-refractivity contribution < 1.29 is 22.2 Å². The van der Waals surface area contributed by atoms with E-state index in [1.165, 1.54) is 38.5 Å². The van der Waals surface area contributed by atoms with Crippen molar-refractivity contribution in [2.75, 3.05) is 14.1 Å². The van der Waals surface area contributed by atoms with Crippen LogP contribution in [0.1, 0.15) is 62.5 Å². The standard InChI is InChI=1S/C20H25NO.C5H10.2CH3.Fe/c1-21(2)19-15-9-14-18(19)20(22,16-10-5-3-6-11-16)17-12-7-4-8-13-17;1-2-4-5-3-1;;;/h3-8,10-13,18-19,22H,9,14-15H2,1-2H3;1-5H2;2*1H3;/q;;2*-1;+2. The van der Waals surface area contributed by atoms with Crippen LogP contribution in [0.5, 0.6) is 0 Å². The van der Waals surface area contributed by atoms with Gasteiger partial charge in [0.1, 0.15) is 5.60 Å². The Morgan fingerprint density at radius 2 is 1.10 bits per heavy atom. The van der Waals surface area contributed by atoms with Crippen molar-refractivity contribution >= 4 is 0 Å². The molecule has 0 amide bonds. The van der Waals surface area contributed by atoms with E-state index in [9.17, 15) is 5.11 Å². The van der Waals surface area contributed by atoms with E-state index >= 15 is 0 Å². The van der Waals surface area contributed by atoms with E-state index in [-0.39, 0.29) is 37.8 Å². The summed E-state index contributed by atoms with van der Waals surface area (Å²) >= 11 is 0. The molecule has 0 bridgehead atoms. The zero-order chi connectivity index (χ0) is 19.1. The van der Waals surface area contributed by atoms with E-state index in [2.05, 4.69) is 43.3 Å². The van der Waals surface area contributed by atoms with Crippen LogP contribution in [0.3, 0.4) is 0 Å². The van der Waals surface area contributed by atoms with Crippen LogP contribution >= 0.6 is 0 Å². The van der Waals surface area contributed by atoms with E-state index in [4.69, 9.17) is 0 Å². The molecule has 30 heavy (non-hydrogen) atoms. The molecule has 0 radical (unpaired) electrons. The van der Waals surface area contributed by atoms with Crippen LogP contribution in [0.25, 0.3) is 0 Å². The zero-order valence-electron chi connectivity index (χ0n) is 19.3. The molecule has 0 aromatic heterocycles. The molecule has 2 saturated carbocycles. The first-order chi connectivity index (χ1) is 13.1. The fourth-order valence-electron chi connectivity index (χ4n) is 4.91. The van der Waals surface area contributed by atoms with Crippen LogP contribution in [-0.2, 0) is 22.7 Å². The van der Waals surface area contributed by atoms with Crippen molar-refractivity contribution in [3.05, 3.63) is 86.6 Å². The van der Waals surface area contributed by atoms with E-state index in [0.29, 0.717) is 6.04 Å². The Hall–Kier alpha value is -1.12. The maximum atomic E-state index is 11.8. The van der Waals surface area contributed by atoms with Gasteiger partial charge in [-0.3, -0.25) is 0 Å². The van der Waals surface area contributed by atoms with Crippen molar-refractivity contribution in [2.45, 2.75) is 63.0 Å². The van der Waals surface area contributed by atoms with Crippen LogP contribution in [-0.4, -0.2) is 30.1 Å². The zero-order valence-corrected chi connectivity index (χ0v) is 20.4. The Balaban J connectivity index is 0.000000928. The van der Waals surface area contributed by atoms with Crippen molar-refractivity contribution in [1.29, 1.82) is 0 Å². The predicted octanol–water partition coefficient (Wildman–Crippen LogP) is 6.50. The third-order valence-corrected chi connectivity index (χ3v) is 6.36. The molecule has 2 aliphatic rings. The summed E-state index contributed by atoms with van der Waals surface area (Å²) in [5.74, 6) is 0.215. The molecule has 2 fully saturated rings. The first-order valence-electron chi connectivity index (χ1n) is 10.6. The second-order valence-corrected chi connectivity index (χ2v) is 8.33. The SMILES string of the molecule is C1CCCC1.CN(C)C1CCCC1C(O)(c1ccccc1)c1ccccc1.[CH3-].[CH3-].[Fe+2]. The van der Waals surface area contributed by atoms with E-state index in [1.54, 1.807) is 0 Å². The molecule has 0 saturated heterocycles. The molecule has 168 valence electrons. The molecule has 2 aromatic carbocycles. The molecular formula is C27H41FeNO. The molecule has 2 unspecified atom stereocenters. The Kier molecular flexibility index (Phi) is 13.5. The van der Waals surface area contributed by atoms with Crippen LogP contribution in [0.4, 0.5) is 0 Å². The summed E-state index contributed by atoms with van der Waals surface area (Å²) in [4.78, 5) is 2.27. The Labute approximate surface area is 196 Å². The van der Waals surface area contributed by atoms with E-state index in [0.717, 1.165) is 24.0 Å². The number of rotatable bonds is 4. The van der Waals surface area contributed by atoms with Gasteiger partial charge in [0.2, 0.25) is 0 Å². The molecule has 0 heterocycles. The largest absolute Gasteiger partial charge is 2.00 e. The minimum absolute atomic E-state index is 0. The number of hydrogen-bond acceptors (Lipinski definition) is 2. The summed E-state index contributed by atoms with van der Waals surface area (Å²) < 4.78 is 0. The Bertz CT molecular complexity index is 623. The molecule has 2 aromatic rings. The van der Waals surface area contributed by atoms with Gasteiger partial charge in [-0.05, 0) is 38.1 Å². The molecule has 2 aliphatic carbocycles. The summed E-state index contributed by atoms with van der Waals surface area (Å²) in [6, 6.07) is 20.7. The minimum atomic E-state index is -0.923. The van der Waals surface area contributed by atoms with Crippen LogP contribution in [0.15, 0.2) is 60.7 Å². The topological polar surface area (TPSA) is 23.5 Å². The molecule has 4 rings (SSSR count). The van der Waals surface area contributed by atoms with Gasteiger partial charge in [0.05, 0.1) is 0 Å². The van der Waals surface area contributed by atoms with Gasteiger partial charge in [-0.15, -0.1) is 0 Å². The second-order valence-electron chi connectivity index (χ2n) is 8.33. The summed E-state index contributed by atoms with van der Waals surface area (Å²) in [7, 11) is 4.25. The van der Waals surface area contributed by atoms with Gasteiger partial charge >= 0.3 is 17.1 Å². The van der Waals surface area contributed by atoms with Gasteiger partial charge in [-0.2, -0.15) is 0 Å². The molecule has 2 nitrogen and oxygen atoms in total. The Morgan fingerprint density at radius 3 is 1.47 bits per heavy atom. The monoisotopic (exact) mass is 451 g/mol. The summed E-state index contributed by atoms with van der Waals surface area (Å²) in [5.41, 5.74) is 1.08.